The fourth-order valence-corrected chi connectivity index (χ4v) is 0.413. The number of carbonyl (C=O) groups is 1. The molecule has 0 aliphatic carbocycles. The number of nitrogens with one attached hydrogen (secondary N) is 1. The third kappa shape index (κ3) is 4.61. The lowest BCUT2D eigenvalue weighted by Gasteiger charge is -1.96. The van der Waals surface area contributed by atoms with E-state index in [2.05, 4.69) is 11.9 Å². The van der Waals surface area contributed by atoms with Crippen LogP contribution in [-0.4, -0.2) is 6.03 Å². The zero-order valence-electron chi connectivity index (χ0n) is 5.35. The van der Waals surface area contributed by atoms with Crippen molar-refractivity contribution in [1.29, 1.82) is 0 Å². The Labute approximate surface area is 54.2 Å². The second-order valence-corrected chi connectivity index (χ2v) is 1.57. The van der Waals surface area contributed by atoms with E-state index >= 15 is 0 Å². The van der Waals surface area contributed by atoms with Crippen molar-refractivity contribution in [1.82, 2.24) is 5.32 Å². The molecule has 0 heterocycles. The SMILES string of the molecule is C=C/C=C(/C)NC(N)=O. The lowest BCUT2D eigenvalue weighted by molar-refractivity contribution is 0.251. The quantitative estimate of drug-likeness (QED) is 0.527. The first-order chi connectivity index (χ1) is 4.16. The lowest BCUT2D eigenvalue weighted by Crippen LogP contribution is -2.27. The molecule has 0 bridgehead atoms. The minimum absolute atomic E-state index is 0.550. The zero-order chi connectivity index (χ0) is 7.28. The number of amides is 2. The average Bonchev–Trinajstić information content (AvgIpc) is 1.63. The molecule has 50 valence electrons. The summed E-state index contributed by atoms with van der Waals surface area (Å²) < 4.78 is 0. The predicted octanol–water partition coefficient (Wildman–Crippen LogP) is 0.745. The van der Waals surface area contributed by atoms with E-state index in [0.717, 1.165) is 0 Å². The van der Waals surface area contributed by atoms with E-state index < -0.39 is 6.03 Å². The van der Waals surface area contributed by atoms with Gasteiger partial charge in [0.15, 0.2) is 0 Å². The van der Waals surface area contributed by atoms with Gasteiger partial charge in [0, 0.05) is 5.70 Å². The van der Waals surface area contributed by atoms with E-state index in [9.17, 15) is 4.79 Å². The first-order valence-corrected chi connectivity index (χ1v) is 2.52. The van der Waals surface area contributed by atoms with E-state index in [4.69, 9.17) is 5.73 Å². The molecular formula is C6H10N2O. The van der Waals surface area contributed by atoms with Crippen molar-refractivity contribution in [3.8, 4) is 0 Å². The van der Waals surface area contributed by atoms with Crippen LogP contribution in [0.5, 0.6) is 0 Å². The predicted molar refractivity (Wildman–Crippen MR) is 36.7 cm³/mol. The van der Waals surface area contributed by atoms with Crippen LogP contribution in [0.25, 0.3) is 0 Å². The highest BCUT2D eigenvalue weighted by Gasteiger charge is 1.88. The Bertz CT molecular complexity index is 149. The van der Waals surface area contributed by atoms with Gasteiger partial charge in [-0.3, -0.25) is 0 Å². The van der Waals surface area contributed by atoms with Gasteiger partial charge in [0.05, 0.1) is 0 Å². The highest BCUT2D eigenvalue weighted by atomic mass is 16.2. The smallest absolute Gasteiger partial charge is 0.316 e. The Morgan fingerprint density at radius 2 is 2.33 bits per heavy atom. The number of hydrogen-bond donors (Lipinski definition) is 2. The van der Waals surface area contributed by atoms with Crippen molar-refractivity contribution in [2.24, 2.45) is 5.73 Å². The van der Waals surface area contributed by atoms with Gasteiger partial charge in [-0.1, -0.05) is 12.7 Å². The van der Waals surface area contributed by atoms with Crippen LogP contribution in [0.3, 0.4) is 0 Å². The molecule has 0 fully saturated rings. The van der Waals surface area contributed by atoms with E-state index in [1.54, 1.807) is 19.1 Å². The van der Waals surface area contributed by atoms with E-state index in [-0.39, 0.29) is 0 Å². The maximum atomic E-state index is 10.1. The van der Waals surface area contributed by atoms with Gasteiger partial charge in [-0.2, -0.15) is 0 Å². The van der Waals surface area contributed by atoms with E-state index in [1.807, 2.05) is 0 Å². The molecule has 9 heavy (non-hydrogen) atoms. The summed E-state index contributed by atoms with van der Waals surface area (Å²) in [6.07, 6.45) is 3.23. The van der Waals surface area contributed by atoms with Crippen molar-refractivity contribution < 1.29 is 4.79 Å². The molecule has 0 aromatic heterocycles. The molecule has 0 aromatic rings. The Balaban J connectivity index is 3.75. The Hall–Kier alpha value is -1.25. The summed E-state index contributed by atoms with van der Waals surface area (Å²) in [7, 11) is 0. The number of hydrogen-bond acceptors (Lipinski definition) is 1. The molecule has 0 aliphatic heterocycles. The molecule has 3 nitrogen and oxygen atoms in total. The van der Waals surface area contributed by atoms with Gasteiger partial charge in [-0.05, 0) is 13.0 Å². The minimum Gasteiger partial charge on any atom is -0.351 e. The number of primary amides is 1. The molecule has 0 unspecified atom stereocenters. The summed E-state index contributed by atoms with van der Waals surface area (Å²) in [5.41, 5.74) is 5.49. The van der Waals surface area contributed by atoms with Gasteiger partial charge in [-0.15, -0.1) is 0 Å². The van der Waals surface area contributed by atoms with Gasteiger partial charge >= 0.3 is 6.03 Å². The van der Waals surface area contributed by atoms with Gasteiger partial charge in [-0.25, -0.2) is 4.79 Å². The second-order valence-electron chi connectivity index (χ2n) is 1.57. The highest BCUT2D eigenvalue weighted by Crippen LogP contribution is 1.83. The normalized spacial score (nSPS) is 10.6. The number of rotatable bonds is 2. The summed E-state index contributed by atoms with van der Waals surface area (Å²) in [5, 5.41) is 2.37. The van der Waals surface area contributed by atoms with Crippen molar-refractivity contribution in [2.75, 3.05) is 0 Å². The monoisotopic (exact) mass is 126 g/mol. The third-order valence-corrected chi connectivity index (χ3v) is 0.688. The Morgan fingerprint density at radius 1 is 1.78 bits per heavy atom. The molecule has 0 rings (SSSR count). The number of nitrogens with two attached hydrogens (primary N) is 1. The molecule has 0 aromatic carbocycles. The molecule has 2 amide bonds. The Morgan fingerprint density at radius 3 is 2.67 bits per heavy atom. The first-order valence-electron chi connectivity index (χ1n) is 2.52. The van der Waals surface area contributed by atoms with Crippen LogP contribution in [0.4, 0.5) is 4.79 Å². The van der Waals surface area contributed by atoms with Gasteiger partial charge in [0.1, 0.15) is 0 Å². The maximum Gasteiger partial charge on any atom is 0.316 e. The average molecular weight is 126 g/mol. The topological polar surface area (TPSA) is 55.1 Å². The first kappa shape index (κ1) is 7.75. The van der Waals surface area contributed by atoms with Crippen LogP contribution in [0, 0.1) is 0 Å². The molecule has 3 heteroatoms. The van der Waals surface area contributed by atoms with E-state index in [1.165, 1.54) is 0 Å². The molecular weight excluding hydrogens is 116 g/mol. The van der Waals surface area contributed by atoms with Crippen molar-refractivity contribution in [3.63, 3.8) is 0 Å². The molecule has 0 aliphatic rings. The van der Waals surface area contributed by atoms with Gasteiger partial charge in [0.25, 0.3) is 0 Å². The van der Waals surface area contributed by atoms with E-state index in [0.29, 0.717) is 5.70 Å². The summed E-state index contributed by atoms with van der Waals surface area (Å²) in [4.78, 5) is 10.1. The van der Waals surface area contributed by atoms with Crippen LogP contribution >= 0.6 is 0 Å². The van der Waals surface area contributed by atoms with Crippen LogP contribution in [0.1, 0.15) is 6.92 Å². The maximum absolute atomic E-state index is 10.1. The fourth-order valence-electron chi connectivity index (χ4n) is 0.413. The Kier molecular flexibility index (Phi) is 3.20. The molecule has 3 N–H and O–H groups in total. The van der Waals surface area contributed by atoms with Crippen LogP contribution in [0.15, 0.2) is 24.4 Å². The summed E-state index contributed by atoms with van der Waals surface area (Å²) in [5.74, 6) is 0. The van der Waals surface area contributed by atoms with Crippen molar-refractivity contribution in [3.05, 3.63) is 24.4 Å². The van der Waals surface area contributed by atoms with Crippen LogP contribution in [-0.2, 0) is 0 Å². The molecule has 0 atom stereocenters. The standard InChI is InChI=1S/C6H10N2O/c1-3-4-5(2)8-6(7)9/h3-4H,1H2,2H3,(H3,7,8,9)/b5-4-. The summed E-state index contributed by atoms with van der Waals surface area (Å²) in [6.45, 7) is 5.17. The molecule has 0 saturated carbocycles. The second kappa shape index (κ2) is 3.72. The minimum atomic E-state index is -0.550. The van der Waals surface area contributed by atoms with Gasteiger partial charge in [0.2, 0.25) is 0 Å². The molecule has 0 spiro atoms. The van der Waals surface area contributed by atoms with Crippen molar-refractivity contribution >= 4 is 6.03 Å². The largest absolute Gasteiger partial charge is 0.351 e. The zero-order valence-corrected chi connectivity index (χ0v) is 5.35. The van der Waals surface area contributed by atoms with Crippen molar-refractivity contribution in [2.45, 2.75) is 6.92 Å². The number of urea groups is 1. The molecule has 0 saturated heterocycles. The highest BCUT2D eigenvalue weighted by molar-refractivity contribution is 5.73. The third-order valence-electron chi connectivity index (χ3n) is 0.688. The van der Waals surface area contributed by atoms with Crippen LogP contribution < -0.4 is 11.1 Å². The number of allylic oxidation sites excluding steroid dienone is 3. The summed E-state index contributed by atoms with van der Waals surface area (Å²) >= 11 is 0. The van der Waals surface area contributed by atoms with Crippen LogP contribution in [0.2, 0.25) is 0 Å². The fraction of sp³-hybridized carbons (Fsp3) is 0.167. The number of carbonyl (C=O) groups excluding carboxylic acids is 1. The summed E-state index contributed by atoms with van der Waals surface area (Å²) in [6, 6.07) is -0.550. The van der Waals surface area contributed by atoms with Gasteiger partial charge < -0.3 is 11.1 Å². The molecule has 0 radical (unpaired) electrons. The lowest BCUT2D eigenvalue weighted by atomic mass is 10.4.